The van der Waals surface area contributed by atoms with Gasteiger partial charge >= 0.3 is 0 Å². The Morgan fingerprint density at radius 1 is 1.24 bits per heavy atom. The van der Waals surface area contributed by atoms with E-state index in [4.69, 9.17) is 23.2 Å². The molecule has 0 radical (unpaired) electrons. The first kappa shape index (κ1) is 14.4. The SMILES string of the molecule is Cc1cc(Cl)n(-c2ccc(NCc3cnc(Cl)s3)cc2)n1. The van der Waals surface area contributed by atoms with Gasteiger partial charge < -0.3 is 5.32 Å². The highest BCUT2D eigenvalue weighted by Gasteiger charge is 2.05. The van der Waals surface area contributed by atoms with E-state index in [-0.39, 0.29) is 0 Å². The van der Waals surface area contributed by atoms with Crippen LogP contribution in [0.4, 0.5) is 5.69 Å². The van der Waals surface area contributed by atoms with Crippen LogP contribution in [0.3, 0.4) is 0 Å². The minimum Gasteiger partial charge on any atom is -0.380 e. The van der Waals surface area contributed by atoms with Gasteiger partial charge in [-0.2, -0.15) is 5.10 Å². The number of anilines is 1. The molecule has 0 aliphatic rings. The molecule has 2 heterocycles. The molecule has 3 aromatic rings. The Balaban J connectivity index is 1.70. The maximum Gasteiger partial charge on any atom is 0.183 e. The van der Waals surface area contributed by atoms with Crippen molar-refractivity contribution in [3.8, 4) is 5.69 Å². The van der Waals surface area contributed by atoms with Crippen molar-refractivity contribution in [2.24, 2.45) is 0 Å². The Morgan fingerprint density at radius 2 is 2.00 bits per heavy atom. The third-order valence-corrected chi connectivity index (χ3v) is 4.28. The summed E-state index contributed by atoms with van der Waals surface area (Å²) in [7, 11) is 0. The second kappa shape index (κ2) is 6.05. The van der Waals surface area contributed by atoms with Gasteiger partial charge in [0.15, 0.2) is 4.47 Å². The quantitative estimate of drug-likeness (QED) is 0.758. The van der Waals surface area contributed by atoms with E-state index in [0.29, 0.717) is 16.2 Å². The van der Waals surface area contributed by atoms with E-state index < -0.39 is 0 Å². The molecule has 0 unspecified atom stereocenters. The maximum absolute atomic E-state index is 6.13. The standard InChI is InChI=1S/C14H12Cl2N4S/c1-9-6-13(15)20(19-9)11-4-2-10(3-5-11)17-7-12-8-18-14(16)21-12/h2-6,8,17H,7H2,1H3. The summed E-state index contributed by atoms with van der Waals surface area (Å²) in [5, 5.41) is 8.28. The molecule has 4 nitrogen and oxygen atoms in total. The summed E-state index contributed by atoms with van der Waals surface area (Å²) in [4.78, 5) is 5.10. The number of hydrogen-bond donors (Lipinski definition) is 1. The first-order chi connectivity index (χ1) is 10.1. The van der Waals surface area contributed by atoms with Gasteiger partial charge in [0.1, 0.15) is 5.15 Å². The van der Waals surface area contributed by atoms with E-state index >= 15 is 0 Å². The highest BCUT2D eigenvalue weighted by Crippen LogP contribution is 2.21. The molecular formula is C14H12Cl2N4S. The lowest BCUT2D eigenvalue weighted by molar-refractivity contribution is 0.863. The lowest BCUT2D eigenvalue weighted by Gasteiger charge is -2.07. The molecule has 0 saturated heterocycles. The molecule has 0 aliphatic carbocycles. The number of nitrogens with zero attached hydrogens (tertiary/aromatic N) is 3. The molecule has 0 atom stereocenters. The number of hydrogen-bond acceptors (Lipinski definition) is 4. The van der Waals surface area contributed by atoms with Crippen molar-refractivity contribution in [3.63, 3.8) is 0 Å². The molecule has 0 fully saturated rings. The third-order valence-electron chi connectivity index (χ3n) is 2.89. The Kier molecular flexibility index (Phi) is 4.14. The van der Waals surface area contributed by atoms with Gasteiger partial charge in [-0.3, -0.25) is 0 Å². The van der Waals surface area contributed by atoms with Crippen molar-refractivity contribution in [2.75, 3.05) is 5.32 Å². The van der Waals surface area contributed by atoms with Crippen LogP contribution in [0.15, 0.2) is 36.5 Å². The Bertz CT molecular complexity index is 749. The Hall–Kier alpha value is -1.56. The lowest BCUT2D eigenvalue weighted by atomic mass is 10.3. The molecule has 0 bridgehead atoms. The minimum atomic E-state index is 0.561. The zero-order chi connectivity index (χ0) is 14.8. The number of aryl methyl sites for hydroxylation is 1. The van der Waals surface area contributed by atoms with Crippen molar-refractivity contribution >= 4 is 40.2 Å². The monoisotopic (exact) mass is 338 g/mol. The number of thiazole rings is 1. The van der Waals surface area contributed by atoms with Crippen LogP contribution >= 0.6 is 34.5 Å². The molecule has 2 aromatic heterocycles. The fourth-order valence-corrected chi connectivity index (χ4v) is 3.13. The average molecular weight is 339 g/mol. The summed E-state index contributed by atoms with van der Waals surface area (Å²) in [6, 6.07) is 9.76. The first-order valence-electron chi connectivity index (χ1n) is 6.28. The average Bonchev–Trinajstić information content (AvgIpc) is 3.03. The molecule has 108 valence electrons. The van der Waals surface area contributed by atoms with Gasteiger partial charge in [-0.1, -0.05) is 23.2 Å². The number of halogens is 2. The molecule has 1 aromatic carbocycles. The molecule has 7 heteroatoms. The predicted octanol–water partition coefficient (Wildman–Crippen LogP) is 4.56. The van der Waals surface area contributed by atoms with Crippen molar-refractivity contribution < 1.29 is 0 Å². The van der Waals surface area contributed by atoms with Crippen LogP contribution in [0.5, 0.6) is 0 Å². The number of aromatic nitrogens is 3. The molecule has 0 saturated carbocycles. The molecule has 0 aliphatic heterocycles. The normalized spacial score (nSPS) is 10.8. The van der Waals surface area contributed by atoms with E-state index in [1.807, 2.05) is 37.3 Å². The molecule has 0 spiro atoms. The minimum absolute atomic E-state index is 0.561. The van der Waals surface area contributed by atoms with Crippen LogP contribution in [0, 0.1) is 6.92 Å². The summed E-state index contributed by atoms with van der Waals surface area (Å²) < 4.78 is 2.27. The van der Waals surface area contributed by atoms with Gasteiger partial charge in [-0.05, 0) is 37.3 Å². The highest BCUT2D eigenvalue weighted by molar-refractivity contribution is 7.15. The van der Waals surface area contributed by atoms with E-state index in [1.54, 1.807) is 10.9 Å². The van der Waals surface area contributed by atoms with Crippen molar-refractivity contribution in [1.82, 2.24) is 14.8 Å². The van der Waals surface area contributed by atoms with Crippen molar-refractivity contribution in [3.05, 3.63) is 56.7 Å². The molecule has 1 N–H and O–H groups in total. The van der Waals surface area contributed by atoms with Gasteiger partial charge in [-0.25, -0.2) is 9.67 Å². The van der Waals surface area contributed by atoms with Gasteiger partial charge in [0, 0.05) is 16.8 Å². The second-order valence-corrected chi connectivity index (χ2v) is 6.58. The largest absolute Gasteiger partial charge is 0.380 e. The third kappa shape index (κ3) is 3.37. The van der Waals surface area contributed by atoms with E-state index in [1.165, 1.54) is 11.3 Å². The number of nitrogens with one attached hydrogen (secondary N) is 1. The molecular weight excluding hydrogens is 327 g/mol. The molecule has 21 heavy (non-hydrogen) atoms. The maximum atomic E-state index is 6.13. The summed E-state index contributed by atoms with van der Waals surface area (Å²) >= 11 is 13.4. The van der Waals surface area contributed by atoms with Crippen molar-refractivity contribution in [1.29, 1.82) is 0 Å². The smallest absolute Gasteiger partial charge is 0.183 e. The van der Waals surface area contributed by atoms with E-state index in [9.17, 15) is 0 Å². The van der Waals surface area contributed by atoms with Gasteiger partial charge in [0.25, 0.3) is 0 Å². The van der Waals surface area contributed by atoms with Crippen LogP contribution in [0.25, 0.3) is 5.69 Å². The summed E-state index contributed by atoms with van der Waals surface area (Å²) in [5.41, 5.74) is 2.84. The zero-order valence-corrected chi connectivity index (χ0v) is 13.5. The van der Waals surface area contributed by atoms with Crippen LogP contribution in [-0.2, 0) is 6.54 Å². The topological polar surface area (TPSA) is 42.7 Å². The van der Waals surface area contributed by atoms with E-state index in [2.05, 4.69) is 15.4 Å². The van der Waals surface area contributed by atoms with Crippen LogP contribution in [0.2, 0.25) is 9.62 Å². The fraction of sp³-hybridized carbons (Fsp3) is 0.143. The van der Waals surface area contributed by atoms with Gasteiger partial charge in [0.05, 0.1) is 17.9 Å². The van der Waals surface area contributed by atoms with E-state index in [0.717, 1.165) is 21.9 Å². The zero-order valence-electron chi connectivity index (χ0n) is 11.2. The highest BCUT2D eigenvalue weighted by atomic mass is 35.5. The molecule has 0 amide bonds. The second-order valence-electron chi connectivity index (χ2n) is 4.50. The number of rotatable bonds is 4. The van der Waals surface area contributed by atoms with Crippen LogP contribution in [-0.4, -0.2) is 14.8 Å². The van der Waals surface area contributed by atoms with Gasteiger partial charge in [-0.15, -0.1) is 11.3 Å². The summed E-state index contributed by atoms with van der Waals surface area (Å²) in [5.74, 6) is 0. The van der Waals surface area contributed by atoms with Crippen LogP contribution < -0.4 is 5.32 Å². The number of benzene rings is 1. The summed E-state index contributed by atoms with van der Waals surface area (Å²) in [6.07, 6.45) is 1.78. The first-order valence-corrected chi connectivity index (χ1v) is 7.86. The lowest BCUT2D eigenvalue weighted by Crippen LogP contribution is -1.99. The fourth-order valence-electron chi connectivity index (χ4n) is 1.92. The molecule has 3 rings (SSSR count). The Labute approximate surface area is 136 Å². The Morgan fingerprint density at radius 3 is 2.57 bits per heavy atom. The van der Waals surface area contributed by atoms with Crippen LogP contribution in [0.1, 0.15) is 10.6 Å². The summed E-state index contributed by atoms with van der Waals surface area (Å²) in [6.45, 7) is 2.61. The predicted molar refractivity (Wildman–Crippen MR) is 87.8 cm³/mol. The van der Waals surface area contributed by atoms with Crippen molar-refractivity contribution in [2.45, 2.75) is 13.5 Å². The van der Waals surface area contributed by atoms with Gasteiger partial charge in [0.2, 0.25) is 0 Å².